The summed E-state index contributed by atoms with van der Waals surface area (Å²) < 4.78 is 36.0. The molecule has 0 aliphatic heterocycles. The second-order valence-electron chi connectivity index (χ2n) is 3.72. The van der Waals surface area contributed by atoms with Crippen molar-refractivity contribution in [1.82, 2.24) is 4.98 Å². The minimum absolute atomic E-state index is 0.446. The van der Waals surface area contributed by atoms with Crippen LogP contribution in [0.1, 0.15) is 0 Å². The molecule has 2 aromatic rings. The SMILES string of the molecule is O=C(/C=C\Nc1cccc2cccnc12)C(F)(F)F. The van der Waals surface area contributed by atoms with Crippen LogP contribution < -0.4 is 5.32 Å². The number of fused-ring (bicyclic) bond motifs is 1. The lowest BCUT2D eigenvalue weighted by Crippen LogP contribution is -2.20. The second-order valence-corrected chi connectivity index (χ2v) is 3.72. The van der Waals surface area contributed by atoms with Gasteiger partial charge in [-0.15, -0.1) is 0 Å². The number of hydrogen-bond acceptors (Lipinski definition) is 3. The average molecular weight is 266 g/mol. The van der Waals surface area contributed by atoms with Gasteiger partial charge in [-0.1, -0.05) is 18.2 Å². The van der Waals surface area contributed by atoms with Crippen LogP contribution in [0.4, 0.5) is 18.9 Å². The van der Waals surface area contributed by atoms with Gasteiger partial charge >= 0.3 is 6.18 Å². The number of benzene rings is 1. The number of rotatable bonds is 3. The van der Waals surface area contributed by atoms with E-state index in [1.807, 2.05) is 12.1 Å². The van der Waals surface area contributed by atoms with Crippen LogP contribution in [0.25, 0.3) is 10.9 Å². The maximum atomic E-state index is 12.0. The molecule has 0 radical (unpaired) electrons. The van der Waals surface area contributed by atoms with Crippen LogP contribution in [0.15, 0.2) is 48.8 Å². The molecule has 0 aliphatic carbocycles. The molecule has 19 heavy (non-hydrogen) atoms. The lowest BCUT2D eigenvalue weighted by molar-refractivity contribution is -0.165. The maximum Gasteiger partial charge on any atom is 0.454 e. The highest BCUT2D eigenvalue weighted by atomic mass is 19.4. The van der Waals surface area contributed by atoms with Crippen molar-refractivity contribution < 1.29 is 18.0 Å². The summed E-state index contributed by atoms with van der Waals surface area (Å²) in [4.78, 5) is 14.8. The summed E-state index contributed by atoms with van der Waals surface area (Å²) in [6.45, 7) is 0. The first kappa shape index (κ1) is 13.1. The van der Waals surface area contributed by atoms with E-state index in [4.69, 9.17) is 0 Å². The maximum absolute atomic E-state index is 12.0. The summed E-state index contributed by atoms with van der Waals surface area (Å²) in [5.41, 5.74) is 1.15. The molecule has 1 heterocycles. The second kappa shape index (κ2) is 5.09. The number of alkyl halides is 3. The minimum atomic E-state index is -4.85. The zero-order chi connectivity index (χ0) is 13.9. The zero-order valence-corrected chi connectivity index (χ0v) is 9.61. The number of anilines is 1. The first-order chi connectivity index (χ1) is 8.98. The third-order valence-electron chi connectivity index (χ3n) is 2.39. The van der Waals surface area contributed by atoms with E-state index in [9.17, 15) is 18.0 Å². The number of carbonyl (C=O) groups excluding carboxylic acids is 1. The predicted octanol–water partition coefficient (Wildman–Crippen LogP) is 3.29. The van der Waals surface area contributed by atoms with Crippen molar-refractivity contribution in [2.75, 3.05) is 5.32 Å². The van der Waals surface area contributed by atoms with Crippen LogP contribution in [0.5, 0.6) is 0 Å². The van der Waals surface area contributed by atoms with E-state index >= 15 is 0 Å². The Morgan fingerprint density at radius 2 is 1.95 bits per heavy atom. The smallest absolute Gasteiger partial charge is 0.360 e. The Kier molecular flexibility index (Phi) is 3.50. The van der Waals surface area contributed by atoms with Gasteiger partial charge in [-0.2, -0.15) is 13.2 Å². The van der Waals surface area contributed by atoms with Crippen molar-refractivity contribution >= 4 is 22.4 Å². The molecule has 1 aromatic heterocycles. The number of pyridine rings is 1. The number of ketones is 1. The molecular weight excluding hydrogens is 257 g/mol. The zero-order valence-electron chi connectivity index (χ0n) is 9.61. The standard InChI is InChI=1S/C13H9F3N2O/c14-13(15,16)11(19)6-8-17-10-5-1-3-9-4-2-7-18-12(9)10/h1-8,17H/b8-6-. The van der Waals surface area contributed by atoms with Crippen LogP contribution in [0, 0.1) is 0 Å². The lowest BCUT2D eigenvalue weighted by atomic mass is 10.2. The molecule has 0 fully saturated rings. The fraction of sp³-hybridized carbons (Fsp3) is 0.0769. The minimum Gasteiger partial charge on any atom is -0.360 e. The van der Waals surface area contributed by atoms with Crippen LogP contribution >= 0.6 is 0 Å². The molecule has 0 atom stereocenters. The Morgan fingerprint density at radius 3 is 2.68 bits per heavy atom. The molecule has 1 N–H and O–H groups in total. The number of allylic oxidation sites excluding steroid dienone is 1. The van der Waals surface area contributed by atoms with Gasteiger partial charge in [0.1, 0.15) is 0 Å². The van der Waals surface area contributed by atoms with Gasteiger partial charge in [0.15, 0.2) is 0 Å². The van der Waals surface area contributed by atoms with Gasteiger partial charge in [-0.05, 0) is 12.1 Å². The number of hydrogen-bond donors (Lipinski definition) is 1. The third kappa shape index (κ3) is 3.09. The quantitative estimate of drug-likeness (QED) is 0.867. The van der Waals surface area contributed by atoms with E-state index in [1.54, 1.807) is 24.4 Å². The number of nitrogens with zero attached hydrogens (tertiary/aromatic N) is 1. The van der Waals surface area contributed by atoms with E-state index < -0.39 is 12.0 Å². The largest absolute Gasteiger partial charge is 0.454 e. The summed E-state index contributed by atoms with van der Waals surface area (Å²) in [7, 11) is 0. The summed E-state index contributed by atoms with van der Waals surface area (Å²) >= 11 is 0. The first-order valence-corrected chi connectivity index (χ1v) is 5.36. The Labute approximate surface area is 106 Å². The van der Waals surface area contributed by atoms with Crippen molar-refractivity contribution in [3.63, 3.8) is 0 Å². The van der Waals surface area contributed by atoms with Gasteiger partial charge in [0.05, 0.1) is 11.2 Å². The number of carbonyl (C=O) groups is 1. The third-order valence-corrected chi connectivity index (χ3v) is 2.39. The van der Waals surface area contributed by atoms with Crippen LogP contribution in [-0.4, -0.2) is 16.9 Å². The van der Waals surface area contributed by atoms with Gasteiger partial charge in [-0.25, -0.2) is 0 Å². The van der Waals surface area contributed by atoms with Crippen molar-refractivity contribution in [2.45, 2.75) is 6.18 Å². The average Bonchev–Trinajstić information content (AvgIpc) is 2.38. The van der Waals surface area contributed by atoms with E-state index in [2.05, 4.69) is 10.3 Å². The molecule has 0 unspecified atom stereocenters. The molecule has 6 heteroatoms. The predicted molar refractivity (Wildman–Crippen MR) is 65.6 cm³/mol. The Bertz CT molecular complexity index is 630. The Morgan fingerprint density at radius 1 is 1.21 bits per heavy atom. The van der Waals surface area contributed by atoms with Crippen LogP contribution in [0.3, 0.4) is 0 Å². The molecule has 0 aliphatic rings. The number of halogens is 3. The van der Waals surface area contributed by atoms with Crippen LogP contribution in [0.2, 0.25) is 0 Å². The highest BCUT2D eigenvalue weighted by Crippen LogP contribution is 2.21. The molecule has 2 rings (SSSR count). The van der Waals surface area contributed by atoms with E-state index in [-0.39, 0.29) is 0 Å². The fourth-order valence-corrected chi connectivity index (χ4v) is 1.52. The van der Waals surface area contributed by atoms with Gasteiger partial charge in [-0.3, -0.25) is 9.78 Å². The van der Waals surface area contributed by atoms with E-state index in [1.165, 1.54) is 0 Å². The molecule has 0 saturated carbocycles. The Balaban J connectivity index is 2.19. The first-order valence-electron chi connectivity index (χ1n) is 5.36. The highest BCUT2D eigenvalue weighted by Gasteiger charge is 2.35. The molecule has 0 spiro atoms. The Hall–Kier alpha value is -2.37. The summed E-state index contributed by atoms with van der Waals surface area (Å²) in [5, 5.41) is 3.48. The van der Waals surface area contributed by atoms with Gasteiger partial charge in [0.2, 0.25) is 0 Å². The molecular formula is C13H9F3N2O. The lowest BCUT2D eigenvalue weighted by Gasteiger charge is -2.05. The molecule has 0 bridgehead atoms. The normalized spacial score (nSPS) is 11.9. The van der Waals surface area contributed by atoms with Crippen molar-refractivity contribution in [1.29, 1.82) is 0 Å². The fourth-order valence-electron chi connectivity index (χ4n) is 1.52. The van der Waals surface area contributed by atoms with Gasteiger partial charge in [0, 0.05) is 23.9 Å². The van der Waals surface area contributed by atoms with Crippen molar-refractivity contribution in [3.05, 3.63) is 48.8 Å². The van der Waals surface area contributed by atoms with E-state index in [0.29, 0.717) is 17.3 Å². The topological polar surface area (TPSA) is 42.0 Å². The van der Waals surface area contributed by atoms with E-state index in [0.717, 1.165) is 11.6 Å². The monoisotopic (exact) mass is 266 g/mol. The molecule has 0 saturated heterocycles. The highest BCUT2D eigenvalue weighted by molar-refractivity contribution is 5.95. The van der Waals surface area contributed by atoms with Gasteiger partial charge in [0.25, 0.3) is 5.78 Å². The van der Waals surface area contributed by atoms with Crippen molar-refractivity contribution in [3.8, 4) is 0 Å². The molecule has 0 amide bonds. The molecule has 98 valence electrons. The summed E-state index contributed by atoms with van der Waals surface area (Å²) in [6, 6.07) is 8.83. The number of aromatic nitrogens is 1. The summed E-state index contributed by atoms with van der Waals surface area (Å²) in [6.07, 6.45) is -1.87. The summed E-state index contributed by atoms with van der Waals surface area (Å²) in [5.74, 6) is -1.91. The van der Waals surface area contributed by atoms with Gasteiger partial charge < -0.3 is 5.32 Å². The van der Waals surface area contributed by atoms with Crippen LogP contribution in [-0.2, 0) is 4.79 Å². The molecule has 3 nitrogen and oxygen atoms in total. The number of nitrogens with one attached hydrogen (secondary N) is 1. The number of para-hydroxylation sites is 1. The molecule has 1 aromatic carbocycles. The van der Waals surface area contributed by atoms with Crippen molar-refractivity contribution in [2.24, 2.45) is 0 Å².